The number of ether oxygens (including phenoxy) is 2. The molecular weight excluding hydrogens is 291 g/mol. The average Bonchev–Trinajstić information content (AvgIpc) is 2.44. The van der Waals surface area contributed by atoms with Gasteiger partial charge in [-0.05, 0) is 17.7 Å². The Bertz CT molecular complexity index is 464. The van der Waals surface area contributed by atoms with Crippen LogP contribution in [0.4, 0.5) is 0 Å². The van der Waals surface area contributed by atoms with Crippen LogP contribution in [0.2, 0.25) is 0 Å². The quantitative estimate of drug-likeness (QED) is 0.510. The van der Waals surface area contributed by atoms with Gasteiger partial charge in [0.1, 0.15) is 18.3 Å². The molecule has 1 saturated heterocycles. The third kappa shape index (κ3) is 4.73. The summed E-state index contributed by atoms with van der Waals surface area (Å²) in [5.41, 5.74) is 0.868. The molecule has 21 heavy (non-hydrogen) atoms. The SMILES string of the molecule is O=C(O)c1ccc(CO[C@H]2OC[C@@H](O)[C@H](O)[C@H]2O)cc1.[NaH]. The second-order valence-corrected chi connectivity index (χ2v) is 4.56. The van der Waals surface area contributed by atoms with Crippen LogP contribution < -0.4 is 0 Å². The van der Waals surface area contributed by atoms with E-state index in [1.165, 1.54) is 12.1 Å². The molecule has 1 heterocycles. The molecule has 0 amide bonds. The van der Waals surface area contributed by atoms with E-state index in [1.807, 2.05) is 0 Å². The first-order valence-corrected chi connectivity index (χ1v) is 6.08. The Hall–Kier alpha value is -0.510. The Morgan fingerprint density at radius 3 is 2.38 bits per heavy atom. The molecule has 0 radical (unpaired) electrons. The van der Waals surface area contributed by atoms with Gasteiger partial charge in [0, 0.05) is 0 Å². The predicted octanol–water partition coefficient (Wildman–Crippen LogP) is -1.31. The van der Waals surface area contributed by atoms with Crippen LogP contribution in [0, 0.1) is 0 Å². The summed E-state index contributed by atoms with van der Waals surface area (Å²) >= 11 is 0. The van der Waals surface area contributed by atoms with Crippen LogP contribution in [-0.4, -0.2) is 87.2 Å². The predicted molar refractivity (Wildman–Crippen MR) is 73.1 cm³/mol. The molecule has 0 aliphatic carbocycles. The Kier molecular flexibility index (Phi) is 7.25. The van der Waals surface area contributed by atoms with Gasteiger partial charge in [0.25, 0.3) is 0 Å². The number of hydrogen-bond acceptors (Lipinski definition) is 6. The molecule has 8 heteroatoms. The molecule has 0 bridgehead atoms. The van der Waals surface area contributed by atoms with Gasteiger partial charge in [-0.2, -0.15) is 0 Å². The Morgan fingerprint density at radius 2 is 1.81 bits per heavy atom. The van der Waals surface area contributed by atoms with E-state index in [2.05, 4.69) is 0 Å². The van der Waals surface area contributed by atoms with E-state index in [-0.39, 0.29) is 48.3 Å². The van der Waals surface area contributed by atoms with Crippen LogP contribution in [0.5, 0.6) is 0 Å². The van der Waals surface area contributed by atoms with Gasteiger partial charge in [0.2, 0.25) is 0 Å². The maximum atomic E-state index is 10.7. The summed E-state index contributed by atoms with van der Waals surface area (Å²) in [6.45, 7) is -0.0364. The van der Waals surface area contributed by atoms with Gasteiger partial charge in [-0.25, -0.2) is 4.79 Å². The molecule has 2 rings (SSSR count). The van der Waals surface area contributed by atoms with Crippen molar-refractivity contribution < 1.29 is 34.7 Å². The third-order valence-corrected chi connectivity index (χ3v) is 3.07. The van der Waals surface area contributed by atoms with Crippen molar-refractivity contribution in [1.29, 1.82) is 0 Å². The van der Waals surface area contributed by atoms with Crippen LogP contribution in [-0.2, 0) is 16.1 Å². The van der Waals surface area contributed by atoms with Crippen LogP contribution >= 0.6 is 0 Å². The van der Waals surface area contributed by atoms with E-state index >= 15 is 0 Å². The fourth-order valence-electron chi connectivity index (χ4n) is 1.85. The Balaban J connectivity index is 0.00000220. The zero-order valence-corrected chi connectivity index (χ0v) is 10.5. The molecule has 7 nitrogen and oxygen atoms in total. The average molecular weight is 308 g/mol. The molecule has 0 spiro atoms. The minimum atomic E-state index is -1.34. The summed E-state index contributed by atoms with van der Waals surface area (Å²) in [7, 11) is 0. The number of aromatic carboxylic acids is 1. The van der Waals surface area contributed by atoms with Gasteiger partial charge >= 0.3 is 35.5 Å². The van der Waals surface area contributed by atoms with Crippen LogP contribution in [0.1, 0.15) is 15.9 Å². The topological polar surface area (TPSA) is 116 Å². The van der Waals surface area contributed by atoms with Gasteiger partial charge in [0.05, 0.1) is 18.8 Å². The van der Waals surface area contributed by atoms with Crippen molar-refractivity contribution in [3.63, 3.8) is 0 Å². The molecule has 1 fully saturated rings. The molecule has 0 unspecified atom stereocenters. The molecule has 1 aliphatic heterocycles. The van der Waals surface area contributed by atoms with Gasteiger partial charge < -0.3 is 29.9 Å². The van der Waals surface area contributed by atoms with Crippen molar-refractivity contribution in [2.75, 3.05) is 6.61 Å². The number of aliphatic hydroxyl groups excluding tert-OH is 3. The molecular formula is C13H17NaO7. The van der Waals surface area contributed by atoms with Gasteiger partial charge in [-0.3, -0.25) is 0 Å². The third-order valence-electron chi connectivity index (χ3n) is 3.07. The first kappa shape index (κ1) is 18.5. The van der Waals surface area contributed by atoms with Crippen molar-refractivity contribution in [3.8, 4) is 0 Å². The van der Waals surface area contributed by atoms with Gasteiger partial charge in [-0.15, -0.1) is 0 Å². The number of carboxylic acids is 1. The van der Waals surface area contributed by atoms with E-state index in [0.717, 1.165) is 0 Å². The molecule has 112 valence electrons. The molecule has 4 atom stereocenters. The van der Waals surface area contributed by atoms with E-state index in [0.29, 0.717) is 5.56 Å². The van der Waals surface area contributed by atoms with E-state index in [9.17, 15) is 20.1 Å². The summed E-state index contributed by atoms with van der Waals surface area (Å²) in [5, 5.41) is 37.2. The summed E-state index contributed by atoms with van der Waals surface area (Å²) in [6.07, 6.45) is -4.83. The van der Waals surface area contributed by atoms with Crippen molar-refractivity contribution in [3.05, 3.63) is 35.4 Å². The number of carbonyl (C=O) groups is 1. The van der Waals surface area contributed by atoms with Gasteiger partial charge in [-0.1, -0.05) is 12.1 Å². The summed E-state index contributed by atoms with van der Waals surface area (Å²) < 4.78 is 10.4. The molecule has 1 aliphatic rings. The fourth-order valence-corrected chi connectivity index (χ4v) is 1.85. The van der Waals surface area contributed by atoms with Crippen LogP contribution in [0.25, 0.3) is 0 Å². The van der Waals surface area contributed by atoms with Crippen LogP contribution in [0.15, 0.2) is 24.3 Å². The van der Waals surface area contributed by atoms with E-state index in [4.69, 9.17) is 14.6 Å². The van der Waals surface area contributed by atoms with Crippen molar-refractivity contribution in [2.45, 2.75) is 31.2 Å². The molecule has 1 aromatic rings. The summed E-state index contributed by atoms with van der Waals surface area (Å²) in [4.78, 5) is 10.7. The monoisotopic (exact) mass is 308 g/mol. The van der Waals surface area contributed by atoms with Gasteiger partial charge in [0.15, 0.2) is 6.29 Å². The number of aliphatic hydroxyl groups is 3. The first-order chi connectivity index (χ1) is 9.49. The zero-order chi connectivity index (χ0) is 14.7. The number of carboxylic acid groups (broad SMARTS) is 1. The summed E-state index contributed by atoms with van der Waals surface area (Å²) in [5.74, 6) is -1.01. The molecule has 0 saturated carbocycles. The molecule has 4 N–H and O–H groups in total. The number of rotatable bonds is 4. The second-order valence-electron chi connectivity index (χ2n) is 4.56. The van der Waals surface area contributed by atoms with Crippen molar-refractivity contribution in [2.24, 2.45) is 0 Å². The number of hydrogen-bond donors (Lipinski definition) is 4. The number of benzene rings is 1. The van der Waals surface area contributed by atoms with Crippen molar-refractivity contribution >= 4 is 35.5 Å². The zero-order valence-electron chi connectivity index (χ0n) is 10.5. The van der Waals surface area contributed by atoms with E-state index in [1.54, 1.807) is 12.1 Å². The fraction of sp³-hybridized carbons (Fsp3) is 0.462. The molecule has 0 aromatic heterocycles. The van der Waals surface area contributed by atoms with Crippen molar-refractivity contribution in [1.82, 2.24) is 0 Å². The Labute approximate surface area is 143 Å². The Morgan fingerprint density at radius 1 is 1.19 bits per heavy atom. The standard InChI is InChI=1S/C13H16O7.Na.H/c14-9-6-20-13(11(16)10(9)15)19-5-7-1-3-8(4-2-7)12(17)18;;/h1-4,9-11,13-16H,5-6H2,(H,17,18);;/t9-,10+,11-,13+;;/m1../s1. The summed E-state index contributed by atoms with van der Waals surface area (Å²) in [6, 6.07) is 6.06. The second kappa shape index (κ2) is 8.21. The first-order valence-electron chi connectivity index (χ1n) is 6.08. The normalized spacial score (nSPS) is 28.7. The minimum absolute atomic E-state index is 0. The molecule has 1 aromatic carbocycles. The van der Waals surface area contributed by atoms with E-state index < -0.39 is 30.6 Å². The van der Waals surface area contributed by atoms with Crippen LogP contribution in [0.3, 0.4) is 0 Å². The maximum absolute atomic E-state index is 10.7.